The Morgan fingerprint density at radius 2 is 1.78 bits per heavy atom. The number of aliphatic hydroxyl groups is 2. The van der Waals surface area contributed by atoms with Gasteiger partial charge in [0.15, 0.2) is 5.60 Å². The summed E-state index contributed by atoms with van der Waals surface area (Å²) in [6, 6.07) is 23.3. The van der Waals surface area contributed by atoms with Crippen LogP contribution in [0.25, 0.3) is 0 Å². The Bertz CT molecular complexity index is 1910. The molecule has 4 heterocycles. The predicted molar refractivity (Wildman–Crippen MR) is 194 cm³/mol. The molecule has 7 rings (SSSR count). The Labute approximate surface area is 297 Å². The lowest BCUT2D eigenvalue weighted by atomic mass is 9.83. The highest BCUT2D eigenvalue weighted by Gasteiger charge is 2.54. The number of piperidine rings is 1. The highest BCUT2D eigenvalue weighted by Crippen LogP contribution is 2.47. The number of carbonyl (C=O) groups is 2. The number of allylic oxidation sites excluding steroid dienone is 1. The zero-order chi connectivity index (χ0) is 35.6. The summed E-state index contributed by atoms with van der Waals surface area (Å²) in [5.74, 6) is -0.337. The molecule has 2 fully saturated rings. The second kappa shape index (κ2) is 14.3. The molecule has 0 radical (unpaired) electrons. The van der Waals surface area contributed by atoms with Crippen molar-refractivity contribution in [2.75, 3.05) is 48.2 Å². The molecule has 2 amide bonds. The topological polar surface area (TPSA) is 136 Å². The summed E-state index contributed by atoms with van der Waals surface area (Å²) < 4.78 is 7.22. The Hall–Kier alpha value is -5.04. The van der Waals surface area contributed by atoms with Crippen molar-refractivity contribution in [2.24, 2.45) is 5.92 Å². The van der Waals surface area contributed by atoms with Crippen molar-refractivity contribution in [3.05, 3.63) is 108 Å². The molecule has 3 aliphatic rings. The van der Waals surface area contributed by atoms with E-state index < -0.39 is 23.0 Å². The normalized spacial score (nSPS) is 20.5. The lowest BCUT2D eigenvalue weighted by Gasteiger charge is -2.39. The molecule has 12 heteroatoms. The van der Waals surface area contributed by atoms with Crippen LogP contribution in [-0.2, 0) is 34.7 Å². The van der Waals surface area contributed by atoms with E-state index in [4.69, 9.17) is 9.84 Å². The number of methoxy groups -OCH3 is 1. The number of aliphatic hydroxyl groups excluding tert-OH is 1. The van der Waals surface area contributed by atoms with Crippen LogP contribution in [0.5, 0.6) is 5.75 Å². The van der Waals surface area contributed by atoms with E-state index in [0.29, 0.717) is 43.1 Å². The molecule has 2 saturated heterocycles. The third-order valence-electron chi connectivity index (χ3n) is 10.5. The summed E-state index contributed by atoms with van der Waals surface area (Å²) >= 11 is 0. The summed E-state index contributed by atoms with van der Waals surface area (Å²) in [7, 11) is 1.56. The van der Waals surface area contributed by atoms with Crippen molar-refractivity contribution >= 4 is 28.9 Å². The molecule has 0 saturated carbocycles. The van der Waals surface area contributed by atoms with Gasteiger partial charge in [-0.2, -0.15) is 0 Å². The zero-order valence-corrected chi connectivity index (χ0v) is 29.1. The number of benzene rings is 3. The van der Waals surface area contributed by atoms with E-state index in [1.165, 1.54) is 0 Å². The number of aryl methyl sites for hydroxylation is 1. The Kier molecular flexibility index (Phi) is 9.65. The highest BCUT2D eigenvalue weighted by molar-refractivity contribution is 6.08. The van der Waals surface area contributed by atoms with Gasteiger partial charge in [0.1, 0.15) is 11.3 Å². The minimum atomic E-state index is -1.82. The fraction of sp³-hybridized carbons (Fsp3) is 0.385. The van der Waals surface area contributed by atoms with Crippen LogP contribution in [0.4, 0.5) is 17.1 Å². The van der Waals surface area contributed by atoms with Crippen LogP contribution in [0.2, 0.25) is 0 Å². The fourth-order valence-corrected chi connectivity index (χ4v) is 7.71. The molecule has 3 aromatic carbocycles. The predicted octanol–water partition coefficient (Wildman–Crippen LogP) is 3.77. The number of nitrogens with one attached hydrogen (secondary N) is 1. The first-order valence-corrected chi connectivity index (χ1v) is 17.6. The van der Waals surface area contributed by atoms with Gasteiger partial charge in [-0.25, -0.2) is 0 Å². The Morgan fingerprint density at radius 3 is 2.55 bits per heavy atom. The Morgan fingerprint density at radius 1 is 1.00 bits per heavy atom. The van der Waals surface area contributed by atoms with Gasteiger partial charge in [-0.05, 0) is 80.4 Å². The monoisotopic (exact) mass is 691 g/mol. The summed E-state index contributed by atoms with van der Waals surface area (Å²) in [4.78, 5) is 34.4. The van der Waals surface area contributed by atoms with Gasteiger partial charge in [0.05, 0.1) is 31.7 Å². The number of carbonyl (C=O) groups excluding carboxylic acids is 2. The van der Waals surface area contributed by atoms with E-state index in [2.05, 4.69) is 32.7 Å². The number of amides is 2. The van der Waals surface area contributed by atoms with Crippen LogP contribution in [0, 0.1) is 5.92 Å². The largest absolute Gasteiger partial charge is 0.497 e. The standard InChI is InChI=1S/C39H45N7O5/c1-28(9-6-7-21-43-26-30(16-22-47)41-42-43)39(50)34-24-33(51-2)14-15-35(34)44(37(39)49)25-29-10-8-13-32(23-29)45-27-46(31-11-4-3-5-12-31)38(36(45)48)17-19-40-20-18-38/h3-6,8-15,23-24,26,28,40,47,50H,7,16-22,25,27H2,1-2H3/b9-6+/t28-,39+/m1/s1. The second-order valence-electron chi connectivity index (χ2n) is 13.6. The van der Waals surface area contributed by atoms with Crippen molar-refractivity contribution < 1.29 is 24.5 Å². The van der Waals surface area contributed by atoms with Gasteiger partial charge in [-0.1, -0.05) is 54.6 Å². The zero-order valence-electron chi connectivity index (χ0n) is 29.1. The van der Waals surface area contributed by atoms with E-state index in [1.807, 2.05) is 72.5 Å². The van der Waals surface area contributed by atoms with Gasteiger partial charge >= 0.3 is 0 Å². The fourth-order valence-electron chi connectivity index (χ4n) is 7.71. The van der Waals surface area contributed by atoms with Crippen LogP contribution >= 0.6 is 0 Å². The molecule has 3 N–H and O–H groups in total. The quantitative estimate of drug-likeness (QED) is 0.190. The maximum Gasteiger partial charge on any atom is 0.264 e. The smallest absolute Gasteiger partial charge is 0.264 e. The SMILES string of the molecule is COc1ccc2c(c1)[C@@](O)([C@H](C)/C=C/CCn1cc(CCO)nn1)C(=O)N2Cc1cccc(N2CN(c3ccccc3)C3(CCNCC3)C2=O)c1. The van der Waals surface area contributed by atoms with Gasteiger partial charge in [-0.15, -0.1) is 5.10 Å². The van der Waals surface area contributed by atoms with Gasteiger partial charge in [0.2, 0.25) is 0 Å². The molecule has 0 unspecified atom stereocenters. The van der Waals surface area contributed by atoms with Gasteiger partial charge in [-0.3, -0.25) is 19.2 Å². The number of ether oxygens (including phenoxy) is 1. The van der Waals surface area contributed by atoms with E-state index in [1.54, 1.807) is 35.0 Å². The molecule has 0 aliphatic carbocycles. The van der Waals surface area contributed by atoms with Crippen molar-refractivity contribution in [2.45, 2.75) is 56.8 Å². The number of rotatable bonds is 12. The summed E-state index contributed by atoms with van der Waals surface area (Å²) in [6.07, 6.45) is 8.12. The summed E-state index contributed by atoms with van der Waals surface area (Å²) in [6.45, 7) is 4.62. The lowest BCUT2D eigenvalue weighted by Crippen LogP contribution is -2.55. The van der Waals surface area contributed by atoms with Gasteiger partial charge < -0.3 is 30.1 Å². The van der Waals surface area contributed by atoms with Crippen LogP contribution < -0.4 is 24.8 Å². The third-order valence-corrected chi connectivity index (χ3v) is 10.5. The maximum atomic E-state index is 14.3. The highest BCUT2D eigenvalue weighted by atomic mass is 16.5. The molecule has 12 nitrogen and oxygen atoms in total. The van der Waals surface area contributed by atoms with E-state index in [9.17, 15) is 14.7 Å². The van der Waals surface area contributed by atoms with E-state index in [0.717, 1.165) is 48.6 Å². The van der Waals surface area contributed by atoms with Crippen LogP contribution in [0.15, 0.2) is 91.1 Å². The van der Waals surface area contributed by atoms with Crippen molar-refractivity contribution in [3.8, 4) is 5.75 Å². The summed E-state index contributed by atoms with van der Waals surface area (Å²) in [5.41, 5.74) is 2.04. The molecular weight excluding hydrogens is 646 g/mol. The van der Waals surface area contributed by atoms with Crippen LogP contribution in [-0.4, -0.2) is 76.0 Å². The number of para-hydroxylation sites is 1. The molecule has 1 spiro atoms. The van der Waals surface area contributed by atoms with E-state index >= 15 is 0 Å². The first-order chi connectivity index (χ1) is 24.8. The van der Waals surface area contributed by atoms with Crippen molar-refractivity contribution in [3.63, 3.8) is 0 Å². The minimum absolute atomic E-state index is 0.0156. The first-order valence-electron chi connectivity index (χ1n) is 17.6. The Balaban J connectivity index is 1.12. The van der Waals surface area contributed by atoms with Crippen molar-refractivity contribution in [1.82, 2.24) is 20.3 Å². The van der Waals surface area contributed by atoms with E-state index in [-0.39, 0.29) is 19.1 Å². The average Bonchev–Trinajstić information content (AvgIpc) is 3.79. The molecule has 1 aromatic heterocycles. The number of anilines is 3. The first kappa shape index (κ1) is 34.4. The molecule has 0 bridgehead atoms. The minimum Gasteiger partial charge on any atom is -0.497 e. The van der Waals surface area contributed by atoms with Gasteiger partial charge in [0.25, 0.3) is 11.8 Å². The molecule has 51 heavy (non-hydrogen) atoms. The number of hydrogen-bond donors (Lipinski definition) is 3. The molecule has 3 aliphatic heterocycles. The third kappa shape index (κ3) is 6.28. The van der Waals surface area contributed by atoms with Gasteiger partial charge in [0, 0.05) is 48.6 Å². The number of aromatic nitrogens is 3. The molecule has 2 atom stereocenters. The summed E-state index contributed by atoms with van der Waals surface area (Å²) in [5, 5.41) is 33.0. The second-order valence-corrected chi connectivity index (χ2v) is 13.6. The average molecular weight is 692 g/mol. The maximum absolute atomic E-state index is 14.3. The number of fused-ring (bicyclic) bond motifs is 1. The lowest BCUT2D eigenvalue weighted by molar-refractivity contribution is -0.139. The van der Waals surface area contributed by atoms with Crippen molar-refractivity contribution in [1.29, 1.82) is 0 Å². The van der Waals surface area contributed by atoms with Crippen LogP contribution in [0.1, 0.15) is 43.0 Å². The number of hydrogen-bond acceptors (Lipinski definition) is 9. The van der Waals surface area contributed by atoms with Crippen LogP contribution in [0.3, 0.4) is 0 Å². The molecule has 266 valence electrons. The number of nitrogens with zero attached hydrogens (tertiary/aromatic N) is 6. The molecule has 4 aromatic rings. The molecular formula is C39H45N7O5.